The summed E-state index contributed by atoms with van der Waals surface area (Å²) in [5, 5.41) is 3.59. The molecule has 1 aliphatic heterocycles. The SMILES string of the molecule is CC1=CC(C)(C)N(C(=O)Nc2ccc(Cl)cc2)c2ccccc21. The van der Waals surface area contributed by atoms with Gasteiger partial charge in [-0.25, -0.2) is 4.79 Å². The van der Waals surface area contributed by atoms with Crippen molar-refractivity contribution in [2.45, 2.75) is 26.3 Å². The highest BCUT2D eigenvalue weighted by molar-refractivity contribution is 6.30. The first-order chi connectivity index (χ1) is 10.9. The monoisotopic (exact) mass is 326 g/mol. The van der Waals surface area contributed by atoms with E-state index in [-0.39, 0.29) is 6.03 Å². The Morgan fingerprint density at radius 2 is 1.74 bits per heavy atom. The molecule has 1 aliphatic rings. The highest BCUT2D eigenvalue weighted by Gasteiger charge is 2.35. The van der Waals surface area contributed by atoms with Gasteiger partial charge in [0.25, 0.3) is 0 Å². The summed E-state index contributed by atoms with van der Waals surface area (Å²) in [6.45, 7) is 6.15. The van der Waals surface area contributed by atoms with Gasteiger partial charge in [0, 0.05) is 16.3 Å². The molecule has 23 heavy (non-hydrogen) atoms. The number of nitrogens with zero attached hydrogens (tertiary/aromatic N) is 1. The quantitative estimate of drug-likeness (QED) is 0.729. The lowest BCUT2D eigenvalue weighted by molar-refractivity contribution is 0.253. The summed E-state index contributed by atoms with van der Waals surface area (Å²) in [7, 11) is 0. The van der Waals surface area contributed by atoms with Crippen LogP contribution in [0.5, 0.6) is 0 Å². The smallest absolute Gasteiger partial charge is 0.308 e. The van der Waals surface area contributed by atoms with Crippen LogP contribution in [0.15, 0.2) is 54.6 Å². The van der Waals surface area contributed by atoms with E-state index in [0.717, 1.165) is 16.9 Å². The van der Waals surface area contributed by atoms with Crippen LogP contribution in [-0.2, 0) is 0 Å². The number of anilines is 2. The van der Waals surface area contributed by atoms with Crippen molar-refractivity contribution in [1.82, 2.24) is 0 Å². The van der Waals surface area contributed by atoms with E-state index in [1.54, 1.807) is 29.2 Å². The molecule has 0 saturated heterocycles. The zero-order valence-corrected chi connectivity index (χ0v) is 14.2. The molecule has 2 aromatic carbocycles. The molecule has 0 spiro atoms. The summed E-state index contributed by atoms with van der Waals surface area (Å²) >= 11 is 5.89. The van der Waals surface area contributed by atoms with Gasteiger partial charge in [0.2, 0.25) is 0 Å². The molecule has 118 valence electrons. The second-order valence-electron chi connectivity index (χ2n) is 6.27. The van der Waals surface area contributed by atoms with Crippen molar-refractivity contribution in [3.8, 4) is 0 Å². The third kappa shape index (κ3) is 2.97. The standard InChI is InChI=1S/C19H19ClN2O/c1-13-12-19(2,3)22(17-7-5-4-6-16(13)17)18(23)21-15-10-8-14(20)9-11-15/h4-12H,1-3H3,(H,21,23). The third-order valence-corrected chi connectivity index (χ3v) is 4.27. The van der Waals surface area contributed by atoms with Crippen LogP contribution >= 0.6 is 11.6 Å². The molecule has 2 amide bonds. The lowest BCUT2D eigenvalue weighted by Crippen LogP contribution is -2.50. The molecule has 3 nitrogen and oxygen atoms in total. The van der Waals surface area contributed by atoms with Gasteiger partial charge in [-0.05, 0) is 56.7 Å². The molecule has 0 fully saturated rings. The number of halogens is 1. The third-order valence-electron chi connectivity index (χ3n) is 4.01. The van der Waals surface area contributed by atoms with Crippen molar-refractivity contribution in [3.63, 3.8) is 0 Å². The molecule has 0 aliphatic carbocycles. The second-order valence-corrected chi connectivity index (χ2v) is 6.71. The number of rotatable bonds is 1. The van der Waals surface area contributed by atoms with Crippen molar-refractivity contribution in [2.24, 2.45) is 0 Å². The molecule has 2 aromatic rings. The first-order valence-electron chi connectivity index (χ1n) is 7.54. The fourth-order valence-electron chi connectivity index (χ4n) is 3.07. The van der Waals surface area contributed by atoms with Gasteiger partial charge in [-0.15, -0.1) is 0 Å². The topological polar surface area (TPSA) is 32.3 Å². The van der Waals surface area contributed by atoms with Crippen molar-refractivity contribution < 1.29 is 4.79 Å². The van der Waals surface area contributed by atoms with Crippen molar-refractivity contribution in [2.75, 3.05) is 10.2 Å². The second kappa shape index (κ2) is 5.74. The molecule has 0 radical (unpaired) electrons. The molecule has 1 heterocycles. The van der Waals surface area contributed by atoms with E-state index in [0.29, 0.717) is 5.02 Å². The Kier molecular flexibility index (Phi) is 3.90. The number of para-hydroxylation sites is 1. The highest BCUT2D eigenvalue weighted by atomic mass is 35.5. The summed E-state index contributed by atoms with van der Waals surface area (Å²) < 4.78 is 0. The zero-order chi connectivity index (χ0) is 16.6. The summed E-state index contributed by atoms with van der Waals surface area (Å²) in [4.78, 5) is 14.7. The number of nitrogens with one attached hydrogen (secondary N) is 1. The van der Waals surface area contributed by atoms with E-state index in [2.05, 4.69) is 18.3 Å². The molecule has 1 N–H and O–H groups in total. The Morgan fingerprint density at radius 3 is 2.43 bits per heavy atom. The lowest BCUT2D eigenvalue weighted by Gasteiger charge is -2.41. The molecule has 4 heteroatoms. The van der Waals surface area contributed by atoms with Gasteiger partial charge in [0.15, 0.2) is 0 Å². The van der Waals surface area contributed by atoms with E-state index in [4.69, 9.17) is 11.6 Å². The van der Waals surface area contributed by atoms with E-state index < -0.39 is 5.54 Å². The Hall–Kier alpha value is -2.26. The molecular formula is C19H19ClN2O. The Bertz CT molecular complexity index is 778. The molecule has 0 atom stereocenters. The summed E-state index contributed by atoms with van der Waals surface area (Å²) in [5.74, 6) is 0. The Balaban J connectivity index is 1.97. The van der Waals surface area contributed by atoms with Crippen LogP contribution in [0.25, 0.3) is 5.57 Å². The number of amides is 2. The first-order valence-corrected chi connectivity index (χ1v) is 7.92. The maximum Gasteiger partial charge on any atom is 0.327 e. The van der Waals surface area contributed by atoms with E-state index >= 15 is 0 Å². The van der Waals surface area contributed by atoms with Gasteiger partial charge < -0.3 is 5.32 Å². The van der Waals surface area contributed by atoms with Gasteiger partial charge in [-0.1, -0.05) is 35.9 Å². The van der Waals surface area contributed by atoms with E-state index in [1.807, 2.05) is 38.1 Å². The maximum absolute atomic E-state index is 12.9. The van der Waals surface area contributed by atoms with Crippen LogP contribution in [0.4, 0.5) is 16.2 Å². The van der Waals surface area contributed by atoms with E-state index in [1.165, 1.54) is 5.57 Å². The number of hydrogen-bond donors (Lipinski definition) is 1. The van der Waals surface area contributed by atoms with Crippen LogP contribution in [0.1, 0.15) is 26.3 Å². The molecule has 0 aromatic heterocycles. The minimum absolute atomic E-state index is 0.159. The van der Waals surface area contributed by atoms with Crippen molar-refractivity contribution in [1.29, 1.82) is 0 Å². The van der Waals surface area contributed by atoms with E-state index in [9.17, 15) is 4.79 Å². The molecule has 0 saturated carbocycles. The number of fused-ring (bicyclic) bond motifs is 1. The summed E-state index contributed by atoms with van der Waals surface area (Å²) in [6, 6.07) is 14.9. The minimum atomic E-state index is -0.408. The van der Waals surface area contributed by atoms with Gasteiger partial charge in [-0.2, -0.15) is 0 Å². The normalized spacial score (nSPS) is 15.7. The Labute approximate surface area is 141 Å². The number of urea groups is 1. The lowest BCUT2D eigenvalue weighted by atomic mass is 9.89. The molecular weight excluding hydrogens is 308 g/mol. The van der Waals surface area contributed by atoms with Gasteiger partial charge in [0.05, 0.1) is 11.2 Å². The highest BCUT2D eigenvalue weighted by Crippen LogP contribution is 2.38. The van der Waals surface area contributed by atoms with Crippen LogP contribution < -0.4 is 10.2 Å². The predicted octanol–water partition coefficient (Wildman–Crippen LogP) is 5.57. The van der Waals surface area contributed by atoms with Crippen molar-refractivity contribution in [3.05, 3.63) is 65.2 Å². The molecule has 3 rings (SSSR count). The predicted molar refractivity (Wildman–Crippen MR) is 97.1 cm³/mol. The van der Waals surface area contributed by atoms with Crippen LogP contribution in [0.2, 0.25) is 5.02 Å². The molecule has 0 bridgehead atoms. The number of allylic oxidation sites excluding steroid dienone is 1. The van der Waals surface area contributed by atoms with Crippen molar-refractivity contribution >= 4 is 34.6 Å². The number of carbonyl (C=O) groups excluding carboxylic acids is 1. The first kappa shape index (κ1) is 15.6. The number of carbonyl (C=O) groups is 1. The average Bonchev–Trinajstić information content (AvgIpc) is 2.49. The van der Waals surface area contributed by atoms with Crippen LogP contribution in [0, 0.1) is 0 Å². The number of benzene rings is 2. The largest absolute Gasteiger partial charge is 0.327 e. The molecule has 0 unspecified atom stereocenters. The average molecular weight is 327 g/mol. The van der Waals surface area contributed by atoms with Gasteiger partial charge >= 0.3 is 6.03 Å². The minimum Gasteiger partial charge on any atom is -0.308 e. The van der Waals surface area contributed by atoms with Gasteiger partial charge in [-0.3, -0.25) is 4.90 Å². The summed E-state index contributed by atoms with van der Waals surface area (Å²) in [5.41, 5.74) is 3.50. The van der Waals surface area contributed by atoms with Crippen LogP contribution in [0.3, 0.4) is 0 Å². The maximum atomic E-state index is 12.9. The number of hydrogen-bond acceptors (Lipinski definition) is 1. The zero-order valence-electron chi connectivity index (χ0n) is 13.4. The fraction of sp³-hybridized carbons (Fsp3) is 0.211. The van der Waals surface area contributed by atoms with Crippen LogP contribution in [-0.4, -0.2) is 11.6 Å². The Morgan fingerprint density at radius 1 is 1.09 bits per heavy atom. The summed E-state index contributed by atoms with van der Waals surface area (Å²) in [6.07, 6.45) is 2.12. The fourth-order valence-corrected chi connectivity index (χ4v) is 3.19. The van der Waals surface area contributed by atoms with Gasteiger partial charge in [0.1, 0.15) is 0 Å².